The zero-order valence-corrected chi connectivity index (χ0v) is 15.5. The number of ether oxygens (including phenoxy) is 1. The first kappa shape index (κ1) is 20.6. The standard InChI is InChI=1S/C19H23F3N2O4/c1-2-9-23-10-7-18(8-11-23)24(15(12-28-18)17(26)27)16(25)13-5-3-4-6-14(13)19(20,21)22/h3-6,15H,2,7-12H2,1H3,(H,26,27)/t15-/m0/s1. The number of hydrogen-bond acceptors (Lipinski definition) is 4. The number of likely N-dealkylation sites (tertiary alicyclic amines) is 1. The minimum atomic E-state index is -4.72. The quantitative estimate of drug-likeness (QED) is 0.842. The molecule has 1 aromatic rings. The van der Waals surface area contributed by atoms with Gasteiger partial charge in [0.1, 0.15) is 5.72 Å². The minimum absolute atomic E-state index is 0.233. The van der Waals surface area contributed by atoms with Crippen LogP contribution in [-0.4, -0.2) is 64.8 Å². The minimum Gasteiger partial charge on any atom is -0.480 e. The topological polar surface area (TPSA) is 70.1 Å². The van der Waals surface area contributed by atoms with Crippen molar-refractivity contribution in [2.24, 2.45) is 0 Å². The second-order valence-electron chi connectivity index (χ2n) is 7.17. The number of aliphatic carboxylic acids is 1. The average molecular weight is 400 g/mol. The highest BCUT2D eigenvalue weighted by Gasteiger charge is 2.54. The lowest BCUT2D eigenvalue weighted by molar-refractivity contribution is -0.144. The van der Waals surface area contributed by atoms with Crippen LogP contribution in [0.3, 0.4) is 0 Å². The summed E-state index contributed by atoms with van der Waals surface area (Å²) in [5.41, 5.74) is -2.82. The number of benzene rings is 1. The van der Waals surface area contributed by atoms with Crippen LogP contribution in [0.1, 0.15) is 42.1 Å². The second kappa shape index (κ2) is 7.71. The highest BCUT2D eigenvalue weighted by atomic mass is 19.4. The number of carboxylic acid groups (broad SMARTS) is 1. The highest BCUT2D eigenvalue weighted by molar-refractivity contribution is 5.98. The molecular weight excluding hydrogens is 377 g/mol. The van der Waals surface area contributed by atoms with Gasteiger partial charge in [-0.25, -0.2) is 4.79 Å². The fraction of sp³-hybridized carbons (Fsp3) is 0.579. The Morgan fingerprint density at radius 1 is 1.25 bits per heavy atom. The molecule has 2 aliphatic rings. The van der Waals surface area contributed by atoms with E-state index in [4.69, 9.17) is 4.74 Å². The van der Waals surface area contributed by atoms with Crippen molar-refractivity contribution in [3.63, 3.8) is 0 Å². The number of nitrogens with zero attached hydrogens (tertiary/aromatic N) is 2. The highest BCUT2D eigenvalue weighted by Crippen LogP contribution is 2.40. The van der Waals surface area contributed by atoms with Gasteiger partial charge in [0.25, 0.3) is 5.91 Å². The van der Waals surface area contributed by atoms with Crippen molar-refractivity contribution in [2.75, 3.05) is 26.2 Å². The maximum Gasteiger partial charge on any atom is 0.417 e. The number of amides is 1. The molecule has 0 aromatic heterocycles. The molecule has 154 valence electrons. The lowest BCUT2D eigenvalue weighted by atomic mass is 9.95. The molecule has 6 nitrogen and oxygen atoms in total. The summed E-state index contributed by atoms with van der Waals surface area (Å²) in [6, 6.07) is 3.14. The number of halogens is 3. The van der Waals surface area contributed by atoms with E-state index in [2.05, 4.69) is 4.90 Å². The van der Waals surface area contributed by atoms with Crippen LogP contribution in [0.15, 0.2) is 24.3 Å². The van der Waals surface area contributed by atoms with Crippen molar-refractivity contribution in [2.45, 2.75) is 44.1 Å². The SMILES string of the molecule is CCCN1CCC2(CC1)OC[C@@H](C(=O)O)N2C(=O)c1ccccc1C(F)(F)F. The first-order valence-corrected chi connectivity index (χ1v) is 9.28. The fourth-order valence-electron chi connectivity index (χ4n) is 4.04. The number of hydrogen-bond donors (Lipinski definition) is 1. The van der Waals surface area contributed by atoms with Gasteiger partial charge in [0.15, 0.2) is 6.04 Å². The van der Waals surface area contributed by atoms with Crippen LogP contribution in [-0.2, 0) is 15.7 Å². The molecule has 2 aliphatic heterocycles. The molecule has 1 spiro atoms. The van der Waals surface area contributed by atoms with Crippen molar-refractivity contribution in [1.82, 2.24) is 9.80 Å². The van der Waals surface area contributed by atoms with Crippen LogP contribution in [0.5, 0.6) is 0 Å². The molecular formula is C19H23F3N2O4. The van der Waals surface area contributed by atoms with Crippen LogP contribution in [0.2, 0.25) is 0 Å². The average Bonchev–Trinajstić information content (AvgIpc) is 3.02. The van der Waals surface area contributed by atoms with E-state index in [0.717, 1.165) is 30.0 Å². The number of rotatable bonds is 4. The van der Waals surface area contributed by atoms with Crippen LogP contribution >= 0.6 is 0 Å². The van der Waals surface area contributed by atoms with Gasteiger partial charge in [0.2, 0.25) is 0 Å². The first-order chi connectivity index (χ1) is 13.2. The zero-order chi connectivity index (χ0) is 20.5. The van der Waals surface area contributed by atoms with Gasteiger partial charge in [0, 0.05) is 25.9 Å². The normalized spacial score (nSPS) is 22.6. The van der Waals surface area contributed by atoms with Gasteiger partial charge in [-0.3, -0.25) is 9.69 Å². The lowest BCUT2D eigenvalue weighted by Crippen LogP contribution is -2.58. The molecule has 2 fully saturated rings. The lowest BCUT2D eigenvalue weighted by Gasteiger charge is -2.44. The van der Waals surface area contributed by atoms with Gasteiger partial charge in [-0.2, -0.15) is 13.2 Å². The Bertz CT molecular complexity index is 745. The molecule has 0 bridgehead atoms. The van der Waals surface area contributed by atoms with Crippen molar-refractivity contribution < 1.29 is 32.6 Å². The Balaban J connectivity index is 1.96. The van der Waals surface area contributed by atoms with Gasteiger partial charge >= 0.3 is 12.1 Å². The van der Waals surface area contributed by atoms with Crippen LogP contribution < -0.4 is 0 Å². The molecule has 3 rings (SSSR count). The van der Waals surface area contributed by atoms with E-state index in [1.54, 1.807) is 0 Å². The summed E-state index contributed by atoms with van der Waals surface area (Å²) in [5.74, 6) is -2.24. The molecule has 28 heavy (non-hydrogen) atoms. The largest absolute Gasteiger partial charge is 0.480 e. The van der Waals surface area contributed by atoms with E-state index in [0.29, 0.717) is 25.9 Å². The van der Waals surface area contributed by atoms with E-state index in [1.807, 2.05) is 6.92 Å². The number of alkyl halides is 3. The molecule has 2 heterocycles. The Hall–Kier alpha value is -2.13. The van der Waals surface area contributed by atoms with Crippen LogP contribution in [0.4, 0.5) is 13.2 Å². The van der Waals surface area contributed by atoms with E-state index in [9.17, 15) is 27.9 Å². The molecule has 0 aliphatic carbocycles. The van der Waals surface area contributed by atoms with Gasteiger partial charge in [-0.15, -0.1) is 0 Å². The summed E-state index contributed by atoms with van der Waals surface area (Å²) in [7, 11) is 0. The van der Waals surface area contributed by atoms with E-state index >= 15 is 0 Å². The van der Waals surface area contributed by atoms with E-state index in [-0.39, 0.29) is 6.61 Å². The zero-order valence-electron chi connectivity index (χ0n) is 15.5. The monoisotopic (exact) mass is 400 g/mol. The van der Waals surface area contributed by atoms with Crippen molar-refractivity contribution in [3.05, 3.63) is 35.4 Å². The maximum atomic E-state index is 13.4. The molecule has 1 N–H and O–H groups in total. The third-order valence-corrected chi connectivity index (χ3v) is 5.40. The summed E-state index contributed by atoms with van der Waals surface area (Å²) in [6.45, 7) is 3.85. The van der Waals surface area contributed by atoms with Gasteiger partial charge < -0.3 is 14.7 Å². The number of piperidine rings is 1. The number of carboxylic acids is 1. The van der Waals surface area contributed by atoms with Crippen LogP contribution in [0, 0.1) is 0 Å². The summed E-state index contributed by atoms with van der Waals surface area (Å²) in [4.78, 5) is 28.1. The molecule has 0 saturated carbocycles. The second-order valence-corrected chi connectivity index (χ2v) is 7.17. The Morgan fingerprint density at radius 2 is 1.89 bits per heavy atom. The van der Waals surface area contributed by atoms with Gasteiger partial charge in [0.05, 0.1) is 17.7 Å². The molecule has 1 aromatic carbocycles. The predicted octanol–water partition coefficient (Wildman–Crippen LogP) is 2.83. The van der Waals surface area contributed by atoms with Crippen molar-refractivity contribution >= 4 is 11.9 Å². The molecule has 9 heteroatoms. The van der Waals surface area contributed by atoms with E-state index < -0.39 is 40.9 Å². The van der Waals surface area contributed by atoms with Gasteiger partial charge in [-0.1, -0.05) is 19.1 Å². The molecule has 1 atom stereocenters. The number of carbonyl (C=O) groups excluding carboxylic acids is 1. The third kappa shape index (κ3) is 3.73. The van der Waals surface area contributed by atoms with Crippen molar-refractivity contribution in [1.29, 1.82) is 0 Å². The fourth-order valence-corrected chi connectivity index (χ4v) is 4.04. The van der Waals surface area contributed by atoms with Crippen molar-refractivity contribution in [3.8, 4) is 0 Å². The summed E-state index contributed by atoms with van der Waals surface area (Å²) < 4.78 is 46.0. The van der Waals surface area contributed by atoms with Crippen LogP contribution in [0.25, 0.3) is 0 Å². The Morgan fingerprint density at radius 3 is 2.46 bits per heavy atom. The summed E-state index contributed by atoms with van der Waals surface area (Å²) in [5, 5.41) is 9.55. The first-order valence-electron chi connectivity index (χ1n) is 9.28. The predicted molar refractivity (Wildman–Crippen MR) is 93.7 cm³/mol. The third-order valence-electron chi connectivity index (χ3n) is 5.40. The number of carbonyl (C=O) groups is 2. The maximum absolute atomic E-state index is 13.4. The molecule has 2 saturated heterocycles. The molecule has 1 amide bonds. The molecule has 0 radical (unpaired) electrons. The molecule has 0 unspecified atom stereocenters. The summed E-state index contributed by atoms with van der Waals surface area (Å²) >= 11 is 0. The summed E-state index contributed by atoms with van der Waals surface area (Å²) in [6.07, 6.45) is -3.05. The van der Waals surface area contributed by atoms with Gasteiger partial charge in [-0.05, 0) is 25.1 Å². The Kier molecular flexibility index (Phi) is 5.67. The van der Waals surface area contributed by atoms with E-state index in [1.165, 1.54) is 12.1 Å². The Labute approximate surface area is 160 Å². The smallest absolute Gasteiger partial charge is 0.417 e.